The molecule has 0 radical (unpaired) electrons. The Morgan fingerprint density at radius 2 is 2.29 bits per heavy atom. The normalized spacial score (nSPS) is 11.6. The first kappa shape index (κ1) is 12.8. The van der Waals surface area contributed by atoms with Crippen LogP contribution in [-0.4, -0.2) is 24.2 Å². The molecular weight excluding hydrogens is 218 g/mol. The molecule has 0 saturated carbocycles. The number of benzene rings is 1. The Labute approximate surface area is 100 Å². The molecule has 3 N–H and O–H groups in total. The molecule has 1 atom stereocenters. The molecule has 1 aromatic rings. The molecular formula is C12H15N3O2. The molecule has 0 aromatic heterocycles. The van der Waals surface area contributed by atoms with Crippen LogP contribution in [0.2, 0.25) is 0 Å². The second-order valence-corrected chi connectivity index (χ2v) is 3.90. The number of nitrogens with two attached hydrogens (primary N) is 1. The Bertz CT molecular complexity index is 465. The first-order valence-corrected chi connectivity index (χ1v) is 5.20. The highest BCUT2D eigenvalue weighted by molar-refractivity contribution is 5.95. The molecule has 0 bridgehead atoms. The zero-order chi connectivity index (χ0) is 13.0. The zero-order valence-corrected chi connectivity index (χ0v) is 9.84. The predicted molar refractivity (Wildman–Crippen MR) is 65.9 cm³/mol. The Morgan fingerprint density at radius 3 is 2.82 bits per heavy atom. The summed E-state index contributed by atoms with van der Waals surface area (Å²) in [5.41, 5.74) is 6.87. The van der Waals surface area contributed by atoms with Gasteiger partial charge < -0.3 is 15.7 Å². The van der Waals surface area contributed by atoms with Crippen LogP contribution in [0.3, 0.4) is 0 Å². The summed E-state index contributed by atoms with van der Waals surface area (Å²) in [4.78, 5) is 12.8. The van der Waals surface area contributed by atoms with Gasteiger partial charge in [-0.25, -0.2) is 4.79 Å². The van der Waals surface area contributed by atoms with Gasteiger partial charge in [0.05, 0.1) is 23.7 Å². The summed E-state index contributed by atoms with van der Waals surface area (Å²) in [6.07, 6.45) is 0.324. The van der Waals surface area contributed by atoms with E-state index < -0.39 is 5.97 Å². The minimum atomic E-state index is -1.00. The highest BCUT2D eigenvalue weighted by Gasteiger charge is 2.17. The van der Waals surface area contributed by atoms with Crippen molar-refractivity contribution >= 4 is 17.3 Å². The summed E-state index contributed by atoms with van der Waals surface area (Å²) < 4.78 is 0. The molecule has 17 heavy (non-hydrogen) atoms. The average molecular weight is 233 g/mol. The number of anilines is 2. The third kappa shape index (κ3) is 2.88. The van der Waals surface area contributed by atoms with Crippen molar-refractivity contribution in [3.05, 3.63) is 23.8 Å². The van der Waals surface area contributed by atoms with Gasteiger partial charge in [0.1, 0.15) is 0 Å². The molecule has 0 fully saturated rings. The largest absolute Gasteiger partial charge is 0.478 e. The number of hydrogen-bond donors (Lipinski definition) is 2. The Hall–Kier alpha value is -2.22. The van der Waals surface area contributed by atoms with Crippen LogP contribution >= 0.6 is 0 Å². The topological polar surface area (TPSA) is 90.4 Å². The van der Waals surface area contributed by atoms with Crippen molar-refractivity contribution in [1.82, 2.24) is 0 Å². The minimum Gasteiger partial charge on any atom is -0.478 e. The molecule has 1 aromatic carbocycles. The lowest BCUT2D eigenvalue weighted by atomic mass is 10.1. The maximum absolute atomic E-state index is 11.1. The van der Waals surface area contributed by atoms with E-state index >= 15 is 0 Å². The Kier molecular flexibility index (Phi) is 3.94. The standard InChI is InChI=1S/C12H15N3O2/c1-8(5-6-13)15(2)11-7-9(14)3-4-10(11)12(16)17/h3-4,7-8H,5,14H2,1-2H3,(H,16,17). The van der Waals surface area contributed by atoms with E-state index in [9.17, 15) is 4.79 Å². The van der Waals surface area contributed by atoms with Crippen molar-refractivity contribution in [2.24, 2.45) is 0 Å². The highest BCUT2D eigenvalue weighted by Crippen LogP contribution is 2.25. The third-order valence-electron chi connectivity index (χ3n) is 2.68. The van der Waals surface area contributed by atoms with Crippen molar-refractivity contribution in [2.45, 2.75) is 19.4 Å². The van der Waals surface area contributed by atoms with Gasteiger partial charge in [-0.3, -0.25) is 0 Å². The number of aromatic carboxylic acids is 1. The van der Waals surface area contributed by atoms with Gasteiger partial charge in [-0.05, 0) is 25.1 Å². The van der Waals surface area contributed by atoms with Crippen LogP contribution in [-0.2, 0) is 0 Å². The number of nitrogen functional groups attached to an aromatic ring is 1. The zero-order valence-electron chi connectivity index (χ0n) is 9.84. The second-order valence-electron chi connectivity index (χ2n) is 3.90. The number of rotatable bonds is 4. The lowest BCUT2D eigenvalue weighted by Gasteiger charge is -2.26. The van der Waals surface area contributed by atoms with Crippen molar-refractivity contribution in [1.29, 1.82) is 5.26 Å². The predicted octanol–water partition coefficient (Wildman–Crippen LogP) is 1.71. The van der Waals surface area contributed by atoms with E-state index in [2.05, 4.69) is 6.07 Å². The molecule has 0 amide bonds. The van der Waals surface area contributed by atoms with Gasteiger partial charge in [-0.2, -0.15) is 5.26 Å². The number of carboxylic acid groups (broad SMARTS) is 1. The van der Waals surface area contributed by atoms with Crippen molar-refractivity contribution in [3.63, 3.8) is 0 Å². The molecule has 1 rings (SSSR count). The summed E-state index contributed by atoms with van der Waals surface area (Å²) in [5.74, 6) is -1.00. The molecule has 0 aliphatic heterocycles. The van der Waals surface area contributed by atoms with E-state index in [0.29, 0.717) is 17.8 Å². The van der Waals surface area contributed by atoms with E-state index in [0.717, 1.165) is 0 Å². The second kappa shape index (κ2) is 5.21. The van der Waals surface area contributed by atoms with E-state index in [1.165, 1.54) is 6.07 Å². The van der Waals surface area contributed by atoms with E-state index in [1.54, 1.807) is 24.1 Å². The van der Waals surface area contributed by atoms with Crippen molar-refractivity contribution in [3.8, 4) is 6.07 Å². The molecule has 0 aliphatic carbocycles. The fraction of sp³-hybridized carbons (Fsp3) is 0.333. The van der Waals surface area contributed by atoms with Gasteiger partial charge in [-0.1, -0.05) is 0 Å². The lowest BCUT2D eigenvalue weighted by Crippen LogP contribution is -2.29. The molecule has 0 heterocycles. The van der Waals surface area contributed by atoms with Crippen LogP contribution in [0, 0.1) is 11.3 Å². The number of carbonyl (C=O) groups is 1. The number of hydrogen-bond acceptors (Lipinski definition) is 4. The smallest absolute Gasteiger partial charge is 0.337 e. The quantitative estimate of drug-likeness (QED) is 0.772. The Balaban J connectivity index is 3.15. The maximum atomic E-state index is 11.1. The van der Waals surface area contributed by atoms with Crippen LogP contribution in [0.1, 0.15) is 23.7 Å². The van der Waals surface area contributed by atoms with Gasteiger partial charge >= 0.3 is 5.97 Å². The molecule has 0 aliphatic rings. The van der Waals surface area contributed by atoms with Crippen molar-refractivity contribution < 1.29 is 9.90 Å². The molecule has 0 spiro atoms. The summed E-state index contributed by atoms with van der Waals surface area (Å²) in [6.45, 7) is 1.86. The summed E-state index contributed by atoms with van der Waals surface area (Å²) in [5, 5.41) is 17.7. The van der Waals surface area contributed by atoms with Crippen LogP contribution in [0.25, 0.3) is 0 Å². The molecule has 5 heteroatoms. The van der Waals surface area contributed by atoms with Crippen LogP contribution in [0.5, 0.6) is 0 Å². The van der Waals surface area contributed by atoms with Crippen LogP contribution < -0.4 is 10.6 Å². The van der Waals surface area contributed by atoms with Gasteiger partial charge in [-0.15, -0.1) is 0 Å². The third-order valence-corrected chi connectivity index (χ3v) is 2.68. The lowest BCUT2D eigenvalue weighted by molar-refractivity contribution is 0.0697. The van der Waals surface area contributed by atoms with Gasteiger partial charge in [0, 0.05) is 18.8 Å². The van der Waals surface area contributed by atoms with Crippen LogP contribution in [0.4, 0.5) is 11.4 Å². The maximum Gasteiger partial charge on any atom is 0.337 e. The molecule has 1 unspecified atom stereocenters. The Morgan fingerprint density at radius 1 is 1.65 bits per heavy atom. The van der Waals surface area contributed by atoms with E-state index in [1.807, 2.05) is 6.92 Å². The first-order valence-electron chi connectivity index (χ1n) is 5.20. The molecule has 0 saturated heterocycles. The first-order chi connectivity index (χ1) is 7.97. The van der Waals surface area contributed by atoms with E-state index in [4.69, 9.17) is 16.1 Å². The van der Waals surface area contributed by atoms with Crippen LogP contribution in [0.15, 0.2) is 18.2 Å². The monoisotopic (exact) mass is 233 g/mol. The summed E-state index contributed by atoms with van der Waals surface area (Å²) in [6, 6.07) is 6.63. The van der Waals surface area contributed by atoms with Gasteiger partial charge in [0.15, 0.2) is 0 Å². The van der Waals surface area contributed by atoms with E-state index in [-0.39, 0.29) is 11.6 Å². The van der Waals surface area contributed by atoms with Crippen molar-refractivity contribution in [2.75, 3.05) is 17.7 Å². The highest BCUT2D eigenvalue weighted by atomic mass is 16.4. The number of nitrogens with zero attached hydrogens (tertiary/aromatic N) is 2. The number of carboxylic acids is 1. The van der Waals surface area contributed by atoms with Gasteiger partial charge in [0.2, 0.25) is 0 Å². The minimum absolute atomic E-state index is 0.0695. The molecule has 90 valence electrons. The summed E-state index contributed by atoms with van der Waals surface area (Å²) in [7, 11) is 1.75. The SMILES string of the molecule is CC(CC#N)N(C)c1cc(N)ccc1C(=O)O. The fourth-order valence-electron chi connectivity index (χ4n) is 1.53. The molecule has 5 nitrogen and oxygen atoms in total. The van der Waals surface area contributed by atoms with Gasteiger partial charge in [0.25, 0.3) is 0 Å². The fourth-order valence-corrected chi connectivity index (χ4v) is 1.53. The summed E-state index contributed by atoms with van der Waals surface area (Å²) >= 11 is 0. The average Bonchev–Trinajstić information content (AvgIpc) is 2.27. The number of nitriles is 1.